The second-order valence-corrected chi connectivity index (χ2v) is 12.4. The van der Waals surface area contributed by atoms with Gasteiger partial charge in [0.05, 0.1) is 28.9 Å². The van der Waals surface area contributed by atoms with Gasteiger partial charge in [-0.05, 0) is 56.3 Å². The monoisotopic (exact) mass is 625 g/mol. The highest BCUT2D eigenvalue weighted by molar-refractivity contribution is 7.99. The number of aromatic nitrogens is 4. The minimum atomic E-state index is 0.468. The Hall–Kier alpha value is -3.93. The zero-order valence-corrected chi connectivity index (χ0v) is 27.5. The zero-order chi connectivity index (χ0) is 31.3. The van der Waals surface area contributed by atoms with E-state index in [2.05, 4.69) is 73.0 Å². The van der Waals surface area contributed by atoms with Gasteiger partial charge < -0.3 is 25.2 Å². The fourth-order valence-corrected chi connectivity index (χ4v) is 7.07. The van der Waals surface area contributed by atoms with Crippen LogP contribution in [-0.4, -0.2) is 95.5 Å². The van der Waals surface area contributed by atoms with Crippen molar-refractivity contribution >= 4 is 57.7 Å². The average Bonchev–Trinajstić information content (AvgIpc) is 3.08. The van der Waals surface area contributed by atoms with Crippen molar-refractivity contribution in [2.24, 2.45) is 0 Å². The Morgan fingerprint density at radius 1 is 1.00 bits per heavy atom. The topological polar surface area (TPSA) is 94.6 Å². The first-order valence-electron chi connectivity index (χ1n) is 15.7. The Kier molecular flexibility index (Phi) is 9.67. The van der Waals surface area contributed by atoms with Gasteiger partial charge in [0, 0.05) is 81.2 Å². The minimum absolute atomic E-state index is 0.468. The fourth-order valence-electron chi connectivity index (χ4n) is 6.38. The van der Waals surface area contributed by atoms with Gasteiger partial charge in [0.1, 0.15) is 17.1 Å². The number of methoxy groups -OCH3 is 1. The van der Waals surface area contributed by atoms with Crippen LogP contribution in [0.15, 0.2) is 54.3 Å². The number of hydrogen-bond donors (Lipinski definition) is 2. The number of fused-ring (bicyclic) bond motifs is 1. The Morgan fingerprint density at radius 2 is 1.78 bits per heavy atom. The molecule has 2 aromatic heterocycles. The van der Waals surface area contributed by atoms with Gasteiger partial charge in [-0.25, -0.2) is 4.98 Å². The van der Waals surface area contributed by atoms with Crippen LogP contribution in [0.1, 0.15) is 30.9 Å². The fraction of sp³-hybridized carbons (Fsp3) is 0.412. The Bertz CT molecular complexity index is 1650. The van der Waals surface area contributed by atoms with E-state index in [-0.39, 0.29) is 0 Å². The lowest BCUT2D eigenvalue weighted by Crippen LogP contribution is -2.52. The van der Waals surface area contributed by atoms with Crippen molar-refractivity contribution in [3.05, 3.63) is 60.6 Å². The van der Waals surface area contributed by atoms with Crippen LogP contribution in [0.2, 0.25) is 0 Å². The third-order valence-corrected chi connectivity index (χ3v) is 9.80. The number of anilines is 5. The van der Waals surface area contributed by atoms with E-state index in [1.54, 1.807) is 43.5 Å². The number of ether oxygens (including phenoxy) is 1. The standard InChI is InChI=1S/C34H43N9OS/c1-6-23-20-28(30(44-4)21-29(23)43-14-10-25(11-15-43)42-18-16-41(3)17-19-42)39-34-37-22-24(7-2)33(40-34)38-27-9-8-26-31(32(27)45-5)36-13-12-35-26/h7-9,12-13,20-22,25H,2,6,10-11,14-19H2,1,3-5H3,(H2,37,38,39,40). The molecule has 236 valence electrons. The number of rotatable bonds is 10. The highest BCUT2D eigenvalue weighted by Crippen LogP contribution is 2.38. The third kappa shape index (κ3) is 6.70. The number of nitrogens with one attached hydrogen (secondary N) is 2. The van der Waals surface area contributed by atoms with Crippen molar-refractivity contribution < 1.29 is 4.74 Å². The van der Waals surface area contributed by atoms with E-state index in [1.165, 1.54) is 50.3 Å². The number of benzene rings is 2. The van der Waals surface area contributed by atoms with E-state index in [1.807, 2.05) is 18.4 Å². The summed E-state index contributed by atoms with van der Waals surface area (Å²) in [4.78, 5) is 27.1. The molecule has 0 spiro atoms. The molecule has 2 fully saturated rings. The molecule has 6 rings (SSSR count). The lowest BCUT2D eigenvalue weighted by molar-refractivity contribution is 0.0982. The quantitative estimate of drug-likeness (QED) is 0.202. The third-order valence-electron chi connectivity index (χ3n) is 8.98. The van der Waals surface area contributed by atoms with Gasteiger partial charge >= 0.3 is 0 Å². The minimum Gasteiger partial charge on any atom is -0.494 e. The average molecular weight is 626 g/mol. The Labute approximate surface area is 270 Å². The van der Waals surface area contributed by atoms with Crippen LogP contribution in [0.5, 0.6) is 5.75 Å². The van der Waals surface area contributed by atoms with Crippen molar-refractivity contribution in [1.29, 1.82) is 0 Å². The first kappa shape index (κ1) is 31.1. The van der Waals surface area contributed by atoms with E-state index in [4.69, 9.17) is 9.72 Å². The SMILES string of the molecule is C=Cc1cnc(Nc2cc(CC)c(N3CCC(N4CCN(C)CC4)CC3)cc2OC)nc1Nc1ccc2nccnc2c1SC. The molecule has 0 radical (unpaired) electrons. The summed E-state index contributed by atoms with van der Waals surface area (Å²) in [7, 11) is 3.94. The summed E-state index contributed by atoms with van der Waals surface area (Å²) in [5.74, 6) is 1.89. The molecule has 0 bridgehead atoms. The summed E-state index contributed by atoms with van der Waals surface area (Å²) >= 11 is 1.62. The molecule has 4 heterocycles. The molecule has 2 saturated heterocycles. The first-order valence-corrected chi connectivity index (χ1v) is 16.9. The summed E-state index contributed by atoms with van der Waals surface area (Å²) in [5.41, 5.74) is 6.77. The van der Waals surface area contributed by atoms with Crippen LogP contribution < -0.4 is 20.3 Å². The van der Waals surface area contributed by atoms with Gasteiger partial charge in [-0.15, -0.1) is 11.8 Å². The van der Waals surface area contributed by atoms with Crippen molar-refractivity contribution in [2.75, 3.05) is 75.2 Å². The number of thioether (sulfide) groups is 1. The summed E-state index contributed by atoms with van der Waals surface area (Å²) in [6, 6.07) is 9.01. The van der Waals surface area contributed by atoms with Crippen molar-refractivity contribution in [1.82, 2.24) is 29.7 Å². The second kappa shape index (κ2) is 14.0. The maximum atomic E-state index is 5.91. The lowest BCUT2D eigenvalue weighted by Gasteiger charge is -2.43. The van der Waals surface area contributed by atoms with Crippen LogP contribution in [0.3, 0.4) is 0 Å². The predicted molar refractivity (Wildman–Crippen MR) is 187 cm³/mol. The van der Waals surface area contributed by atoms with E-state index in [0.29, 0.717) is 17.8 Å². The van der Waals surface area contributed by atoms with E-state index in [0.717, 1.165) is 58.1 Å². The summed E-state index contributed by atoms with van der Waals surface area (Å²) in [6.07, 6.45) is 12.3. The highest BCUT2D eigenvalue weighted by Gasteiger charge is 2.28. The van der Waals surface area contributed by atoms with E-state index < -0.39 is 0 Å². The molecule has 10 nitrogen and oxygen atoms in total. The van der Waals surface area contributed by atoms with Crippen LogP contribution in [0.4, 0.5) is 28.8 Å². The molecule has 0 saturated carbocycles. The Morgan fingerprint density at radius 3 is 2.49 bits per heavy atom. The van der Waals surface area contributed by atoms with Gasteiger partial charge in [0.15, 0.2) is 0 Å². The van der Waals surface area contributed by atoms with Crippen molar-refractivity contribution in [3.63, 3.8) is 0 Å². The molecule has 4 aromatic rings. The molecule has 2 N–H and O–H groups in total. The number of nitrogens with zero attached hydrogens (tertiary/aromatic N) is 7. The lowest BCUT2D eigenvalue weighted by atomic mass is 9.99. The normalized spacial score (nSPS) is 16.6. The maximum absolute atomic E-state index is 5.91. The first-order chi connectivity index (χ1) is 22.0. The number of piperidine rings is 1. The highest BCUT2D eigenvalue weighted by atomic mass is 32.2. The number of piperazine rings is 1. The molecule has 45 heavy (non-hydrogen) atoms. The van der Waals surface area contributed by atoms with Crippen LogP contribution >= 0.6 is 11.8 Å². The molecular weight excluding hydrogens is 583 g/mol. The molecule has 2 aliphatic heterocycles. The zero-order valence-electron chi connectivity index (χ0n) is 26.7. The summed E-state index contributed by atoms with van der Waals surface area (Å²) in [5, 5.41) is 6.94. The number of aryl methyl sites for hydroxylation is 1. The van der Waals surface area contributed by atoms with E-state index in [9.17, 15) is 0 Å². The molecule has 2 aromatic carbocycles. The van der Waals surface area contributed by atoms with Gasteiger partial charge in [0.2, 0.25) is 5.95 Å². The molecule has 0 unspecified atom stereocenters. The summed E-state index contributed by atoms with van der Waals surface area (Å²) in [6.45, 7) is 13.0. The van der Waals surface area contributed by atoms with Crippen LogP contribution in [-0.2, 0) is 6.42 Å². The maximum Gasteiger partial charge on any atom is 0.229 e. The van der Waals surface area contributed by atoms with Crippen LogP contribution in [0, 0.1) is 0 Å². The molecule has 0 atom stereocenters. The molecule has 11 heteroatoms. The molecule has 0 aliphatic carbocycles. The Balaban J connectivity index is 1.22. The van der Waals surface area contributed by atoms with Gasteiger partial charge in [-0.2, -0.15) is 4.98 Å². The molecule has 2 aliphatic rings. The summed E-state index contributed by atoms with van der Waals surface area (Å²) < 4.78 is 5.91. The van der Waals surface area contributed by atoms with Gasteiger partial charge in [-0.1, -0.05) is 19.6 Å². The number of hydrogen-bond acceptors (Lipinski definition) is 11. The molecule has 0 amide bonds. The van der Waals surface area contributed by atoms with Gasteiger partial charge in [0.25, 0.3) is 0 Å². The smallest absolute Gasteiger partial charge is 0.229 e. The van der Waals surface area contributed by atoms with Crippen LogP contribution in [0.25, 0.3) is 17.1 Å². The number of likely N-dealkylation sites (N-methyl/N-ethyl adjacent to an activating group) is 1. The largest absolute Gasteiger partial charge is 0.494 e. The predicted octanol–water partition coefficient (Wildman–Crippen LogP) is 6.06. The second-order valence-electron chi connectivity index (χ2n) is 11.6. The molecular formula is C34H43N9OS. The van der Waals surface area contributed by atoms with Crippen molar-refractivity contribution in [3.8, 4) is 5.75 Å². The van der Waals surface area contributed by atoms with E-state index >= 15 is 0 Å². The van der Waals surface area contributed by atoms with Gasteiger partial charge in [-0.3, -0.25) is 14.9 Å². The van der Waals surface area contributed by atoms with Crippen molar-refractivity contribution in [2.45, 2.75) is 37.1 Å².